The van der Waals surface area contributed by atoms with E-state index in [1.807, 2.05) is 0 Å². The Kier molecular flexibility index (Phi) is 6.02. The fourth-order valence-electron chi connectivity index (χ4n) is 1.76. The Labute approximate surface area is 145 Å². The summed E-state index contributed by atoms with van der Waals surface area (Å²) in [5.41, 5.74) is 2.58. The number of hydrogen-bond acceptors (Lipinski definition) is 4. The highest BCUT2D eigenvalue weighted by atomic mass is 79.9. The number of carbonyl (C=O) groups excluding carboxylic acids is 2. The third-order valence-corrected chi connectivity index (χ3v) is 3.38. The summed E-state index contributed by atoms with van der Waals surface area (Å²) < 4.78 is 19.4. The van der Waals surface area contributed by atoms with Gasteiger partial charge in [-0.15, -0.1) is 0 Å². The number of rotatable bonds is 4. The van der Waals surface area contributed by atoms with E-state index >= 15 is 0 Å². The largest absolute Gasteiger partial charge is 0.496 e. The first-order valence-electron chi connectivity index (χ1n) is 6.73. The molecule has 0 unspecified atom stereocenters. The Balaban J connectivity index is 1.99. The molecule has 0 aromatic heterocycles. The van der Waals surface area contributed by atoms with Crippen LogP contribution in [0.3, 0.4) is 0 Å². The van der Waals surface area contributed by atoms with Crippen LogP contribution in [0.1, 0.15) is 5.56 Å². The maximum absolute atomic E-state index is 13.4. The molecule has 0 fully saturated rings. The second-order valence-corrected chi connectivity index (χ2v) is 5.44. The fraction of sp³-hybridized carbons (Fsp3) is 0.0625. The highest BCUT2D eigenvalue weighted by Gasteiger charge is 2.14. The molecular formula is C16H13BrFN3O3. The van der Waals surface area contributed by atoms with Crippen molar-refractivity contribution in [3.05, 3.63) is 58.3 Å². The first-order valence-corrected chi connectivity index (χ1v) is 7.53. The van der Waals surface area contributed by atoms with Crippen molar-refractivity contribution in [1.29, 1.82) is 0 Å². The summed E-state index contributed by atoms with van der Waals surface area (Å²) >= 11 is 3.31. The van der Waals surface area contributed by atoms with Crippen LogP contribution in [0.25, 0.3) is 0 Å². The van der Waals surface area contributed by atoms with Crippen LogP contribution in [0.15, 0.2) is 52.0 Å². The smallest absolute Gasteiger partial charge is 0.329 e. The summed E-state index contributed by atoms with van der Waals surface area (Å²) in [5.74, 6) is -2.14. The maximum atomic E-state index is 13.4. The van der Waals surface area contributed by atoms with Gasteiger partial charge in [0.25, 0.3) is 0 Å². The number of benzene rings is 2. The molecule has 2 amide bonds. The Bertz CT molecular complexity index is 796. The van der Waals surface area contributed by atoms with E-state index in [4.69, 9.17) is 4.74 Å². The fourth-order valence-corrected chi connectivity index (χ4v) is 2.14. The molecule has 0 saturated heterocycles. The molecule has 0 bridgehead atoms. The van der Waals surface area contributed by atoms with Crippen LogP contribution in [0, 0.1) is 5.82 Å². The van der Waals surface area contributed by atoms with Crippen molar-refractivity contribution in [2.45, 2.75) is 0 Å². The minimum absolute atomic E-state index is 0.0877. The van der Waals surface area contributed by atoms with Crippen molar-refractivity contribution in [2.75, 3.05) is 12.4 Å². The zero-order valence-corrected chi connectivity index (χ0v) is 14.1. The topological polar surface area (TPSA) is 79.8 Å². The number of halogens is 2. The molecule has 0 atom stereocenters. The van der Waals surface area contributed by atoms with E-state index < -0.39 is 17.6 Å². The first-order chi connectivity index (χ1) is 11.5. The summed E-state index contributed by atoms with van der Waals surface area (Å²) in [7, 11) is 1.50. The normalized spacial score (nSPS) is 10.5. The number of hydrogen-bond donors (Lipinski definition) is 2. The van der Waals surface area contributed by atoms with E-state index in [-0.39, 0.29) is 5.69 Å². The van der Waals surface area contributed by atoms with E-state index in [1.54, 1.807) is 18.2 Å². The van der Waals surface area contributed by atoms with Gasteiger partial charge in [-0.25, -0.2) is 9.82 Å². The van der Waals surface area contributed by atoms with Gasteiger partial charge in [0.05, 0.1) is 19.0 Å². The summed E-state index contributed by atoms with van der Waals surface area (Å²) in [6, 6.07) is 10.8. The molecule has 6 nitrogen and oxygen atoms in total. The van der Waals surface area contributed by atoms with E-state index in [0.717, 1.165) is 4.47 Å². The Morgan fingerprint density at radius 3 is 2.67 bits per heavy atom. The molecule has 0 saturated carbocycles. The molecule has 0 aliphatic heterocycles. The lowest BCUT2D eigenvalue weighted by molar-refractivity contribution is -0.136. The molecule has 2 N–H and O–H groups in total. The van der Waals surface area contributed by atoms with Crippen molar-refractivity contribution < 1.29 is 18.7 Å². The van der Waals surface area contributed by atoms with Gasteiger partial charge < -0.3 is 10.1 Å². The second-order valence-electron chi connectivity index (χ2n) is 4.52. The van der Waals surface area contributed by atoms with Gasteiger partial charge >= 0.3 is 11.8 Å². The Morgan fingerprint density at radius 1 is 1.21 bits per heavy atom. The van der Waals surface area contributed by atoms with Crippen LogP contribution in [0.2, 0.25) is 0 Å². The molecule has 2 rings (SSSR count). The average molecular weight is 394 g/mol. The van der Waals surface area contributed by atoms with Crippen molar-refractivity contribution in [3.63, 3.8) is 0 Å². The molecule has 8 heteroatoms. The van der Waals surface area contributed by atoms with Crippen LogP contribution in [0.5, 0.6) is 5.75 Å². The van der Waals surface area contributed by atoms with Gasteiger partial charge in [0.15, 0.2) is 0 Å². The predicted octanol–water partition coefficient (Wildman–Crippen LogP) is 2.69. The van der Waals surface area contributed by atoms with Crippen LogP contribution < -0.4 is 15.5 Å². The predicted molar refractivity (Wildman–Crippen MR) is 91.5 cm³/mol. The molecule has 0 aliphatic carbocycles. The number of carbonyl (C=O) groups is 2. The highest BCUT2D eigenvalue weighted by Crippen LogP contribution is 2.21. The number of nitrogens with zero attached hydrogens (tertiary/aromatic N) is 1. The number of ether oxygens (including phenoxy) is 1. The number of amides is 2. The molecule has 0 aliphatic rings. The van der Waals surface area contributed by atoms with Gasteiger partial charge in [-0.1, -0.05) is 28.1 Å². The number of anilines is 1. The van der Waals surface area contributed by atoms with E-state index in [9.17, 15) is 14.0 Å². The van der Waals surface area contributed by atoms with Crippen LogP contribution in [0.4, 0.5) is 10.1 Å². The number of methoxy groups -OCH3 is 1. The van der Waals surface area contributed by atoms with Gasteiger partial charge in [-0.2, -0.15) is 5.10 Å². The third-order valence-electron chi connectivity index (χ3n) is 2.89. The zero-order valence-electron chi connectivity index (χ0n) is 12.5. The molecule has 0 spiro atoms. The van der Waals surface area contributed by atoms with E-state index in [1.165, 1.54) is 37.6 Å². The Hall–Kier alpha value is -2.74. The first kappa shape index (κ1) is 17.6. The Morgan fingerprint density at radius 2 is 1.96 bits per heavy atom. The van der Waals surface area contributed by atoms with Crippen LogP contribution in [-0.2, 0) is 9.59 Å². The van der Waals surface area contributed by atoms with E-state index in [0.29, 0.717) is 11.3 Å². The SMILES string of the molecule is COc1ccc(Br)cc1/C=N\NC(=O)C(=O)Nc1ccccc1F. The molecule has 0 radical (unpaired) electrons. The molecule has 2 aromatic carbocycles. The minimum Gasteiger partial charge on any atom is -0.496 e. The lowest BCUT2D eigenvalue weighted by atomic mass is 10.2. The molecule has 0 heterocycles. The zero-order chi connectivity index (χ0) is 17.5. The van der Waals surface area contributed by atoms with Crippen molar-refractivity contribution in [1.82, 2.24) is 5.43 Å². The van der Waals surface area contributed by atoms with E-state index in [2.05, 4.69) is 31.8 Å². The molecule has 24 heavy (non-hydrogen) atoms. The summed E-state index contributed by atoms with van der Waals surface area (Å²) in [5, 5.41) is 5.85. The third kappa shape index (κ3) is 4.63. The van der Waals surface area contributed by atoms with Crippen LogP contribution in [-0.4, -0.2) is 25.1 Å². The lowest BCUT2D eigenvalue weighted by Gasteiger charge is -2.05. The summed E-state index contributed by atoms with van der Waals surface area (Å²) in [4.78, 5) is 23.4. The number of nitrogens with one attached hydrogen (secondary N) is 2. The van der Waals surface area contributed by atoms with Gasteiger partial charge in [0.1, 0.15) is 11.6 Å². The molecule has 124 valence electrons. The molecular weight excluding hydrogens is 381 g/mol. The van der Waals surface area contributed by atoms with Gasteiger partial charge in [-0.3, -0.25) is 9.59 Å². The molecule has 2 aromatic rings. The van der Waals surface area contributed by atoms with Gasteiger partial charge in [-0.05, 0) is 30.3 Å². The summed E-state index contributed by atoms with van der Waals surface area (Å²) in [6.45, 7) is 0. The second kappa shape index (κ2) is 8.21. The van der Waals surface area contributed by atoms with Crippen LogP contribution >= 0.6 is 15.9 Å². The van der Waals surface area contributed by atoms with Gasteiger partial charge in [0.2, 0.25) is 0 Å². The standard InChI is InChI=1S/C16H13BrFN3O3/c1-24-14-7-6-11(17)8-10(14)9-19-21-16(23)15(22)20-13-5-3-2-4-12(13)18/h2-9H,1H3,(H,20,22)(H,21,23)/b19-9-. The summed E-state index contributed by atoms with van der Waals surface area (Å²) in [6.07, 6.45) is 1.33. The highest BCUT2D eigenvalue weighted by molar-refractivity contribution is 9.10. The average Bonchev–Trinajstić information content (AvgIpc) is 2.57. The lowest BCUT2D eigenvalue weighted by Crippen LogP contribution is -2.32. The number of para-hydroxylation sites is 1. The number of hydrazone groups is 1. The minimum atomic E-state index is -1.03. The monoisotopic (exact) mass is 393 g/mol. The van der Waals surface area contributed by atoms with Crippen molar-refractivity contribution in [3.8, 4) is 5.75 Å². The van der Waals surface area contributed by atoms with Crippen molar-refractivity contribution in [2.24, 2.45) is 5.10 Å². The maximum Gasteiger partial charge on any atom is 0.329 e. The van der Waals surface area contributed by atoms with Gasteiger partial charge in [0, 0.05) is 10.0 Å². The quantitative estimate of drug-likeness (QED) is 0.476. The van der Waals surface area contributed by atoms with Crippen molar-refractivity contribution >= 4 is 39.6 Å².